The zero-order valence-corrected chi connectivity index (χ0v) is 14.5. The lowest BCUT2D eigenvalue weighted by molar-refractivity contribution is 0.0690. The van der Waals surface area contributed by atoms with Crippen LogP contribution in [0.2, 0.25) is 0 Å². The number of amides is 1. The molecule has 8 nitrogen and oxygen atoms in total. The maximum absolute atomic E-state index is 13.0. The molecule has 8 heteroatoms. The summed E-state index contributed by atoms with van der Waals surface area (Å²) in [5.41, 5.74) is 5.40. The van der Waals surface area contributed by atoms with Crippen LogP contribution in [0.4, 0.5) is 0 Å². The Morgan fingerprint density at radius 2 is 2.04 bits per heavy atom. The molecule has 1 aliphatic carbocycles. The van der Waals surface area contributed by atoms with E-state index >= 15 is 0 Å². The molecule has 134 valence electrons. The average Bonchev–Trinajstić information content (AvgIpc) is 3.38. The first-order valence-electron chi connectivity index (χ1n) is 8.97. The molecule has 4 heterocycles. The molecule has 0 atom stereocenters. The lowest BCUT2D eigenvalue weighted by Crippen LogP contribution is -2.36. The molecule has 0 fully saturated rings. The summed E-state index contributed by atoms with van der Waals surface area (Å²) in [6.07, 6.45) is 4.68. The fourth-order valence-corrected chi connectivity index (χ4v) is 3.86. The summed E-state index contributed by atoms with van der Waals surface area (Å²) in [6.45, 7) is 2.95. The standard InChI is InChI=1S/C18H19N5O3/c1-10-8-15(22-25-10)16-12-9-23(7-6-13(12)19-20-16)18(24)17-11-4-2-3-5-14(11)21-26-17/h8H,2-7,9H2,1H3,(H,19,20). The number of carbonyl (C=O) groups excluding carboxylic acids is 1. The lowest BCUT2D eigenvalue weighted by Gasteiger charge is -2.26. The molecule has 2 aliphatic rings. The Labute approximate surface area is 149 Å². The summed E-state index contributed by atoms with van der Waals surface area (Å²) >= 11 is 0. The molecule has 3 aromatic rings. The summed E-state index contributed by atoms with van der Waals surface area (Å²) in [5, 5.41) is 15.6. The number of hydrogen-bond acceptors (Lipinski definition) is 6. The van der Waals surface area contributed by atoms with Gasteiger partial charge < -0.3 is 13.9 Å². The Kier molecular flexibility index (Phi) is 3.44. The highest BCUT2D eigenvalue weighted by atomic mass is 16.5. The van der Waals surface area contributed by atoms with Gasteiger partial charge in [0.25, 0.3) is 5.91 Å². The van der Waals surface area contributed by atoms with Crippen molar-refractivity contribution < 1.29 is 13.8 Å². The predicted octanol–water partition coefficient (Wildman–Crippen LogP) is 2.44. The molecule has 1 N–H and O–H groups in total. The first-order valence-corrected chi connectivity index (χ1v) is 8.97. The molecule has 5 rings (SSSR count). The van der Waals surface area contributed by atoms with Crippen molar-refractivity contribution in [3.8, 4) is 11.4 Å². The van der Waals surface area contributed by atoms with E-state index in [4.69, 9.17) is 9.05 Å². The molecule has 1 aliphatic heterocycles. The molecule has 0 unspecified atom stereocenters. The van der Waals surface area contributed by atoms with E-state index in [0.29, 0.717) is 24.5 Å². The number of H-pyrrole nitrogens is 1. The Hall–Kier alpha value is -2.90. The van der Waals surface area contributed by atoms with E-state index in [0.717, 1.165) is 66.1 Å². The Balaban J connectivity index is 1.44. The topological polar surface area (TPSA) is 101 Å². The number of aromatic nitrogens is 4. The molecular formula is C18H19N5O3. The van der Waals surface area contributed by atoms with E-state index in [1.807, 2.05) is 17.9 Å². The monoisotopic (exact) mass is 353 g/mol. The quantitative estimate of drug-likeness (QED) is 0.759. The smallest absolute Gasteiger partial charge is 0.293 e. The highest BCUT2D eigenvalue weighted by Crippen LogP contribution is 2.30. The van der Waals surface area contributed by atoms with Gasteiger partial charge in [0.2, 0.25) is 5.76 Å². The minimum atomic E-state index is -0.0882. The molecule has 1 amide bonds. The maximum atomic E-state index is 13.0. The first-order chi connectivity index (χ1) is 12.7. The molecule has 3 aromatic heterocycles. The molecule has 26 heavy (non-hydrogen) atoms. The van der Waals surface area contributed by atoms with E-state index in [-0.39, 0.29) is 5.91 Å². The normalized spacial score (nSPS) is 16.4. The molecule has 0 saturated heterocycles. The van der Waals surface area contributed by atoms with E-state index in [2.05, 4.69) is 20.5 Å². The summed E-state index contributed by atoms with van der Waals surface area (Å²) in [6, 6.07) is 1.85. The molecule has 0 radical (unpaired) electrons. The van der Waals surface area contributed by atoms with E-state index in [9.17, 15) is 4.79 Å². The van der Waals surface area contributed by atoms with Gasteiger partial charge in [-0.3, -0.25) is 9.89 Å². The molecule has 0 bridgehead atoms. The molecule has 0 aromatic carbocycles. The summed E-state index contributed by atoms with van der Waals surface area (Å²) < 4.78 is 10.6. The summed E-state index contributed by atoms with van der Waals surface area (Å²) in [7, 11) is 0. The van der Waals surface area contributed by atoms with Crippen molar-refractivity contribution in [3.63, 3.8) is 0 Å². The minimum absolute atomic E-state index is 0.0882. The van der Waals surface area contributed by atoms with Crippen molar-refractivity contribution in [2.75, 3.05) is 6.54 Å². The van der Waals surface area contributed by atoms with Crippen LogP contribution in [0, 0.1) is 6.92 Å². The van der Waals surface area contributed by atoms with E-state index in [1.54, 1.807) is 0 Å². The summed E-state index contributed by atoms with van der Waals surface area (Å²) in [5.74, 6) is 1.05. The SMILES string of the molecule is Cc1cc(-c2n[nH]c3c2CN(C(=O)c2onc4c2CCCC4)CC3)no1. The highest BCUT2D eigenvalue weighted by Gasteiger charge is 2.32. The van der Waals surface area contributed by atoms with Crippen LogP contribution >= 0.6 is 0 Å². The number of aromatic amines is 1. The maximum Gasteiger partial charge on any atom is 0.293 e. The Morgan fingerprint density at radius 3 is 2.88 bits per heavy atom. The number of nitrogens with one attached hydrogen (secondary N) is 1. The van der Waals surface area contributed by atoms with Crippen molar-refractivity contribution in [3.05, 3.63) is 40.1 Å². The Bertz CT molecular complexity index is 983. The van der Waals surface area contributed by atoms with Gasteiger partial charge in [0, 0.05) is 35.9 Å². The number of rotatable bonds is 2. The predicted molar refractivity (Wildman–Crippen MR) is 90.4 cm³/mol. The van der Waals surface area contributed by atoms with Crippen molar-refractivity contribution in [2.45, 2.75) is 45.6 Å². The zero-order chi connectivity index (χ0) is 17.7. The largest absolute Gasteiger partial charge is 0.361 e. The van der Waals surface area contributed by atoms with Crippen LogP contribution in [-0.4, -0.2) is 37.9 Å². The van der Waals surface area contributed by atoms with Crippen LogP contribution in [0.5, 0.6) is 0 Å². The molecular weight excluding hydrogens is 334 g/mol. The third-order valence-corrected chi connectivity index (χ3v) is 5.25. The molecule has 0 saturated carbocycles. The lowest BCUT2D eigenvalue weighted by atomic mass is 9.95. The highest BCUT2D eigenvalue weighted by molar-refractivity contribution is 5.93. The summed E-state index contributed by atoms with van der Waals surface area (Å²) in [4.78, 5) is 14.9. The first kappa shape index (κ1) is 15.4. The third kappa shape index (κ3) is 2.36. The third-order valence-electron chi connectivity index (χ3n) is 5.25. The molecule has 0 spiro atoms. The zero-order valence-electron chi connectivity index (χ0n) is 14.5. The van der Waals surface area contributed by atoms with Gasteiger partial charge in [-0.25, -0.2) is 0 Å². The van der Waals surface area contributed by atoms with Crippen LogP contribution in [0.15, 0.2) is 15.1 Å². The van der Waals surface area contributed by atoms with Crippen molar-refractivity contribution in [1.29, 1.82) is 0 Å². The number of fused-ring (bicyclic) bond motifs is 2. The minimum Gasteiger partial charge on any atom is -0.361 e. The van der Waals surface area contributed by atoms with Crippen LogP contribution < -0.4 is 0 Å². The van der Waals surface area contributed by atoms with Crippen LogP contribution in [0.1, 0.15) is 51.7 Å². The second kappa shape index (κ2) is 5.82. The van der Waals surface area contributed by atoms with Gasteiger partial charge in [-0.15, -0.1) is 0 Å². The van der Waals surface area contributed by atoms with E-state index in [1.165, 1.54) is 0 Å². The number of nitrogens with zero attached hydrogens (tertiary/aromatic N) is 4. The van der Waals surface area contributed by atoms with Gasteiger partial charge in [0.15, 0.2) is 0 Å². The van der Waals surface area contributed by atoms with Crippen LogP contribution in [-0.2, 0) is 25.8 Å². The number of hydrogen-bond donors (Lipinski definition) is 1. The second-order valence-corrected chi connectivity index (χ2v) is 6.97. The average molecular weight is 353 g/mol. The van der Waals surface area contributed by atoms with Gasteiger partial charge in [-0.2, -0.15) is 5.10 Å². The van der Waals surface area contributed by atoms with Gasteiger partial charge in [0.05, 0.1) is 12.2 Å². The van der Waals surface area contributed by atoms with Crippen molar-refractivity contribution >= 4 is 5.91 Å². The van der Waals surface area contributed by atoms with Crippen LogP contribution in [0.3, 0.4) is 0 Å². The Morgan fingerprint density at radius 1 is 1.15 bits per heavy atom. The van der Waals surface area contributed by atoms with Gasteiger partial charge >= 0.3 is 0 Å². The number of aryl methyl sites for hydroxylation is 2. The van der Waals surface area contributed by atoms with Gasteiger partial charge in [-0.1, -0.05) is 10.3 Å². The fourth-order valence-electron chi connectivity index (χ4n) is 3.86. The fraction of sp³-hybridized carbons (Fsp3) is 0.444. The number of carbonyl (C=O) groups is 1. The van der Waals surface area contributed by atoms with Crippen molar-refractivity contribution in [2.24, 2.45) is 0 Å². The van der Waals surface area contributed by atoms with Crippen LogP contribution in [0.25, 0.3) is 11.4 Å². The van der Waals surface area contributed by atoms with E-state index < -0.39 is 0 Å². The second-order valence-electron chi connectivity index (χ2n) is 6.97. The van der Waals surface area contributed by atoms with Gasteiger partial charge in [-0.05, 0) is 32.6 Å². The van der Waals surface area contributed by atoms with Gasteiger partial charge in [0.1, 0.15) is 17.1 Å². The van der Waals surface area contributed by atoms with Crippen molar-refractivity contribution in [1.82, 2.24) is 25.4 Å².